The van der Waals surface area contributed by atoms with Crippen LogP contribution in [0.5, 0.6) is 23.0 Å². The summed E-state index contributed by atoms with van der Waals surface area (Å²) in [5.74, 6) is 0.197. The fourth-order valence-corrected chi connectivity index (χ4v) is 5.39. The summed E-state index contributed by atoms with van der Waals surface area (Å²) < 4.78 is 24.9. The van der Waals surface area contributed by atoms with Crippen LogP contribution >= 0.6 is 0 Å². The second kappa shape index (κ2) is 11.2. The van der Waals surface area contributed by atoms with Crippen LogP contribution in [0, 0.1) is 0 Å². The lowest BCUT2D eigenvalue weighted by atomic mass is 10.2. The maximum atomic E-state index is 13.2. The lowest BCUT2D eigenvalue weighted by molar-refractivity contribution is -0.121. The van der Waals surface area contributed by atoms with Gasteiger partial charge in [0.05, 0.1) is 11.4 Å². The number of rotatable bonds is 8. The number of ether oxygens (including phenoxy) is 2. The average Bonchev–Trinajstić information content (AvgIpc) is 3.52. The highest BCUT2D eigenvalue weighted by Gasteiger charge is 2.26. The molecule has 0 bridgehead atoms. The Bertz CT molecular complexity index is 1610. The summed E-state index contributed by atoms with van der Waals surface area (Å²) in [5.41, 5.74) is 0.805. The number of hydrogen-bond acceptors (Lipinski definition) is 7. The number of hydrogen-bond donors (Lipinski definition) is 0. The number of amides is 4. The smallest absolute Gasteiger partial charge is 0.258 e. The Kier molecular flexibility index (Phi) is 7.14. The molecule has 0 spiro atoms. The van der Waals surface area contributed by atoms with Gasteiger partial charge < -0.3 is 14.0 Å². The predicted octanol–water partition coefficient (Wildman–Crippen LogP) is 5.30. The van der Waals surface area contributed by atoms with Crippen molar-refractivity contribution >= 4 is 46.2 Å². The standard InChI is InChI=1S/C32H20N2O7S/c35-29-15-16-30(36)33(29)21-3-1-5-25(19-21)40-23-7-11-27(12-8-23)42(39)28-13-9-24(10-14-28)41-26-6-2-4-22(20-26)34-31(37)17-18-32(34)38/h1-20H. The quantitative estimate of drug-likeness (QED) is 0.207. The van der Waals surface area contributed by atoms with Crippen molar-refractivity contribution in [3.8, 4) is 23.0 Å². The van der Waals surface area contributed by atoms with Gasteiger partial charge in [0.25, 0.3) is 23.6 Å². The first-order valence-electron chi connectivity index (χ1n) is 12.7. The number of anilines is 2. The van der Waals surface area contributed by atoms with Gasteiger partial charge in [-0.3, -0.25) is 19.2 Å². The first-order chi connectivity index (χ1) is 20.4. The lowest BCUT2D eigenvalue weighted by Crippen LogP contribution is -2.29. The number of imide groups is 2. The van der Waals surface area contributed by atoms with E-state index < -0.39 is 34.8 Å². The number of nitrogens with zero attached hydrogens (tertiary/aromatic N) is 2. The molecule has 0 atom stereocenters. The van der Waals surface area contributed by atoms with Gasteiger partial charge in [-0.15, -0.1) is 0 Å². The number of carbonyl (C=O) groups excluding carboxylic acids is 4. The lowest BCUT2D eigenvalue weighted by Gasteiger charge is -2.15. The van der Waals surface area contributed by atoms with Crippen molar-refractivity contribution in [1.29, 1.82) is 0 Å². The van der Waals surface area contributed by atoms with E-state index in [-0.39, 0.29) is 0 Å². The van der Waals surface area contributed by atoms with Crippen molar-refractivity contribution in [3.63, 3.8) is 0 Å². The first-order valence-corrected chi connectivity index (χ1v) is 13.8. The normalized spacial score (nSPS) is 14.4. The Hall–Kier alpha value is -5.45. The van der Waals surface area contributed by atoms with E-state index in [0.29, 0.717) is 44.2 Å². The van der Waals surface area contributed by atoms with E-state index in [4.69, 9.17) is 9.47 Å². The van der Waals surface area contributed by atoms with Crippen LogP contribution in [-0.4, -0.2) is 28.2 Å². The minimum atomic E-state index is -1.47. The Morgan fingerprint density at radius 1 is 0.476 bits per heavy atom. The van der Waals surface area contributed by atoms with Crippen LogP contribution in [0.15, 0.2) is 131 Å². The second-order valence-electron chi connectivity index (χ2n) is 9.10. The fraction of sp³-hybridized carbons (Fsp3) is 0. The van der Waals surface area contributed by atoms with E-state index in [0.717, 1.165) is 9.80 Å². The van der Waals surface area contributed by atoms with Gasteiger partial charge in [0, 0.05) is 47.6 Å². The van der Waals surface area contributed by atoms with Gasteiger partial charge in [-0.05, 0) is 72.8 Å². The highest BCUT2D eigenvalue weighted by Crippen LogP contribution is 2.31. The first kappa shape index (κ1) is 26.8. The summed E-state index contributed by atoms with van der Waals surface area (Å²) in [6.07, 6.45) is 4.87. The molecule has 0 radical (unpaired) electrons. The molecule has 42 heavy (non-hydrogen) atoms. The van der Waals surface area contributed by atoms with Gasteiger partial charge in [-0.25, -0.2) is 9.80 Å². The topological polar surface area (TPSA) is 116 Å². The molecule has 2 aliphatic heterocycles. The van der Waals surface area contributed by atoms with E-state index >= 15 is 0 Å². The SMILES string of the molecule is O=C1C=CC(=O)N1c1cccc(Oc2ccc([S+]([O-])c3ccc(Oc4cccc(N5C(=O)C=CC5=O)c4)cc3)cc2)c1. The third kappa shape index (κ3) is 5.44. The summed E-state index contributed by atoms with van der Waals surface area (Å²) in [4.78, 5) is 51.1. The molecule has 0 aliphatic carbocycles. The van der Waals surface area contributed by atoms with Gasteiger partial charge in [-0.1, -0.05) is 12.1 Å². The van der Waals surface area contributed by atoms with Crippen molar-refractivity contribution in [2.45, 2.75) is 9.79 Å². The van der Waals surface area contributed by atoms with Crippen LogP contribution in [-0.2, 0) is 30.4 Å². The van der Waals surface area contributed by atoms with Crippen LogP contribution < -0.4 is 19.3 Å². The minimum absolute atomic E-state index is 0.402. The van der Waals surface area contributed by atoms with Crippen LogP contribution in [0.3, 0.4) is 0 Å². The zero-order valence-electron chi connectivity index (χ0n) is 21.7. The monoisotopic (exact) mass is 576 g/mol. The van der Waals surface area contributed by atoms with Crippen molar-refractivity contribution in [1.82, 2.24) is 0 Å². The molecule has 0 N–H and O–H groups in total. The van der Waals surface area contributed by atoms with Gasteiger partial charge in [-0.2, -0.15) is 0 Å². The van der Waals surface area contributed by atoms with Gasteiger partial charge in [0.2, 0.25) is 0 Å². The molecule has 2 heterocycles. The Balaban J connectivity index is 1.10. The summed E-state index contributed by atoms with van der Waals surface area (Å²) in [6.45, 7) is 0. The fourth-order valence-electron chi connectivity index (χ4n) is 4.35. The average molecular weight is 577 g/mol. The van der Waals surface area contributed by atoms with Crippen LogP contribution in [0.4, 0.5) is 11.4 Å². The zero-order valence-corrected chi connectivity index (χ0v) is 22.5. The molecule has 0 saturated heterocycles. The number of benzene rings is 4. The molecule has 0 unspecified atom stereocenters. The highest BCUT2D eigenvalue weighted by atomic mass is 32.2. The molecule has 9 nitrogen and oxygen atoms in total. The van der Waals surface area contributed by atoms with E-state index in [1.54, 1.807) is 97.1 Å². The molecule has 4 aromatic carbocycles. The minimum Gasteiger partial charge on any atom is -0.606 e. The largest absolute Gasteiger partial charge is 0.606 e. The number of carbonyl (C=O) groups is 4. The van der Waals surface area contributed by atoms with Gasteiger partial charge in [0.1, 0.15) is 23.0 Å². The second-order valence-corrected chi connectivity index (χ2v) is 10.6. The molecule has 2 aliphatic rings. The van der Waals surface area contributed by atoms with Gasteiger partial charge >= 0.3 is 0 Å². The maximum absolute atomic E-state index is 13.2. The van der Waals surface area contributed by atoms with Crippen molar-refractivity contribution in [2.75, 3.05) is 9.80 Å². The third-order valence-electron chi connectivity index (χ3n) is 6.32. The molecule has 0 saturated carbocycles. The van der Waals surface area contributed by atoms with Crippen molar-refractivity contribution < 1.29 is 33.2 Å². The Morgan fingerprint density at radius 2 is 0.833 bits per heavy atom. The molecule has 4 amide bonds. The Labute approximate surface area is 243 Å². The molecule has 10 heteroatoms. The van der Waals surface area contributed by atoms with Crippen LogP contribution in [0.25, 0.3) is 0 Å². The molecular weight excluding hydrogens is 556 g/mol. The Morgan fingerprint density at radius 3 is 1.19 bits per heavy atom. The van der Waals surface area contributed by atoms with Crippen molar-refractivity contribution in [2.24, 2.45) is 0 Å². The summed E-state index contributed by atoms with van der Waals surface area (Å²) in [5, 5.41) is 0. The van der Waals surface area contributed by atoms with Crippen LogP contribution in [0.1, 0.15) is 0 Å². The van der Waals surface area contributed by atoms with Crippen molar-refractivity contribution in [3.05, 3.63) is 121 Å². The maximum Gasteiger partial charge on any atom is 0.258 e. The molecule has 6 rings (SSSR count). The molecule has 4 aromatic rings. The van der Waals surface area contributed by atoms with E-state index in [2.05, 4.69) is 0 Å². The summed E-state index contributed by atoms with van der Waals surface area (Å²) in [6, 6.07) is 26.8. The third-order valence-corrected chi connectivity index (χ3v) is 7.72. The zero-order chi connectivity index (χ0) is 29.2. The van der Waals surface area contributed by atoms with Gasteiger partial charge in [0.15, 0.2) is 9.79 Å². The predicted molar refractivity (Wildman–Crippen MR) is 154 cm³/mol. The molecule has 206 valence electrons. The molecule has 0 aromatic heterocycles. The van der Waals surface area contributed by atoms with Crippen LogP contribution in [0.2, 0.25) is 0 Å². The van der Waals surface area contributed by atoms with E-state index in [1.807, 2.05) is 0 Å². The van der Waals surface area contributed by atoms with E-state index in [1.165, 1.54) is 24.3 Å². The highest BCUT2D eigenvalue weighted by molar-refractivity contribution is 7.91. The molecular formula is C32H20N2O7S. The molecule has 0 fully saturated rings. The summed E-state index contributed by atoms with van der Waals surface area (Å²) >= 11 is -1.47. The van der Waals surface area contributed by atoms with E-state index in [9.17, 15) is 23.7 Å². The summed E-state index contributed by atoms with van der Waals surface area (Å²) in [7, 11) is 0.